The van der Waals surface area contributed by atoms with Gasteiger partial charge < -0.3 is 14.6 Å². The van der Waals surface area contributed by atoms with Crippen LogP contribution in [0.15, 0.2) is 24.3 Å². The lowest BCUT2D eigenvalue weighted by Crippen LogP contribution is -2.12. The van der Waals surface area contributed by atoms with E-state index in [1.165, 1.54) is 0 Å². The summed E-state index contributed by atoms with van der Waals surface area (Å²) in [4.78, 5) is 0. The molecule has 1 aliphatic carbocycles. The summed E-state index contributed by atoms with van der Waals surface area (Å²) in [5.74, 6) is 1.41. The first-order valence-electron chi connectivity index (χ1n) is 5.86. The third-order valence-electron chi connectivity index (χ3n) is 3.12. The van der Waals surface area contributed by atoms with Crippen molar-refractivity contribution in [1.29, 1.82) is 0 Å². The second kappa shape index (κ2) is 5.23. The van der Waals surface area contributed by atoms with Crippen molar-refractivity contribution in [2.24, 2.45) is 0 Å². The topological polar surface area (TPSA) is 38.7 Å². The maximum atomic E-state index is 9.97. The highest BCUT2D eigenvalue weighted by Gasteiger charge is 2.17. The van der Waals surface area contributed by atoms with E-state index in [0.29, 0.717) is 11.5 Å². The van der Waals surface area contributed by atoms with Crippen molar-refractivity contribution in [3.8, 4) is 11.5 Å². The molecule has 0 aliphatic heterocycles. The Bertz CT molecular complexity index is 423. The van der Waals surface area contributed by atoms with Crippen LogP contribution in [-0.4, -0.2) is 25.4 Å². The number of aliphatic hydroxyl groups excluding tert-OH is 1. The lowest BCUT2D eigenvalue weighted by Gasteiger charge is -2.20. The minimum Gasteiger partial charge on any atom is -0.493 e. The minimum atomic E-state index is -0.359. The standard InChI is InChI=1S/C14H18O3/c1-16-13-8-7-10(9-14(13)17-2)11-5-3-4-6-12(11)15/h5,7-9,12,15H,3-4,6H2,1-2H3. The second-order valence-corrected chi connectivity index (χ2v) is 4.18. The Hall–Kier alpha value is -1.48. The number of hydrogen-bond donors (Lipinski definition) is 1. The Balaban J connectivity index is 2.36. The molecule has 2 rings (SSSR count). The van der Waals surface area contributed by atoms with Gasteiger partial charge in [0.2, 0.25) is 0 Å². The molecular weight excluding hydrogens is 216 g/mol. The molecule has 0 heterocycles. The van der Waals surface area contributed by atoms with E-state index in [2.05, 4.69) is 6.08 Å². The number of aliphatic hydroxyl groups is 1. The molecule has 0 saturated carbocycles. The maximum absolute atomic E-state index is 9.97. The van der Waals surface area contributed by atoms with Crippen LogP contribution in [0.5, 0.6) is 11.5 Å². The van der Waals surface area contributed by atoms with Gasteiger partial charge >= 0.3 is 0 Å². The van der Waals surface area contributed by atoms with Crippen LogP contribution in [0.3, 0.4) is 0 Å². The number of rotatable bonds is 3. The highest BCUT2D eigenvalue weighted by molar-refractivity contribution is 5.71. The largest absolute Gasteiger partial charge is 0.493 e. The summed E-state index contributed by atoms with van der Waals surface area (Å²) >= 11 is 0. The van der Waals surface area contributed by atoms with Gasteiger partial charge in [0, 0.05) is 0 Å². The molecule has 1 unspecified atom stereocenters. The van der Waals surface area contributed by atoms with Gasteiger partial charge in [-0.25, -0.2) is 0 Å². The van der Waals surface area contributed by atoms with Crippen LogP contribution in [0, 0.1) is 0 Å². The molecule has 3 nitrogen and oxygen atoms in total. The van der Waals surface area contributed by atoms with Crippen LogP contribution >= 0.6 is 0 Å². The lowest BCUT2D eigenvalue weighted by molar-refractivity contribution is 0.214. The molecule has 1 aliphatic rings. The normalized spacial score (nSPS) is 19.7. The van der Waals surface area contributed by atoms with Crippen molar-refractivity contribution < 1.29 is 14.6 Å². The first-order valence-corrected chi connectivity index (χ1v) is 5.86. The number of hydrogen-bond acceptors (Lipinski definition) is 3. The quantitative estimate of drug-likeness (QED) is 0.873. The Labute approximate surface area is 102 Å². The number of allylic oxidation sites excluding steroid dienone is 1. The van der Waals surface area contributed by atoms with Gasteiger partial charge in [0.05, 0.1) is 20.3 Å². The lowest BCUT2D eigenvalue weighted by atomic mass is 9.91. The maximum Gasteiger partial charge on any atom is 0.161 e. The van der Waals surface area contributed by atoms with Gasteiger partial charge in [-0.3, -0.25) is 0 Å². The van der Waals surface area contributed by atoms with Crippen molar-refractivity contribution in [3.05, 3.63) is 29.8 Å². The highest BCUT2D eigenvalue weighted by atomic mass is 16.5. The summed E-state index contributed by atoms with van der Waals surface area (Å²) in [5.41, 5.74) is 2.01. The van der Waals surface area contributed by atoms with E-state index in [0.717, 1.165) is 30.4 Å². The molecule has 3 heteroatoms. The molecule has 92 valence electrons. The summed E-state index contributed by atoms with van der Waals surface area (Å²) in [7, 11) is 3.24. The van der Waals surface area contributed by atoms with Crippen LogP contribution in [0.25, 0.3) is 5.57 Å². The van der Waals surface area contributed by atoms with E-state index in [-0.39, 0.29) is 6.10 Å². The van der Waals surface area contributed by atoms with Gasteiger partial charge in [-0.2, -0.15) is 0 Å². The van der Waals surface area contributed by atoms with Crippen molar-refractivity contribution in [2.75, 3.05) is 14.2 Å². The zero-order valence-corrected chi connectivity index (χ0v) is 10.3. The van der Waals surface area contributed by atoms with Crippen LogP contribution in [0.2, 0.25) is 0 Å². The number of benzene rings is 1. The third kappa shape index (κ3) is 2.44. The predicted octanol–water partition coefficient (Wildman–Crippen LogP) is 2.63. The second-order valence-electron chi connectivity index (χ2n) is 4.18. The minimum absolute atomic E-state index is 0.359. The molecular formula is C14H18O3. The number of ether oxygens (including phenoxy) is 2. The molecule has 0 amide bonds. The zero-order valence-electron chi connectivity index (χ0n) is 10.3. The molecule has 0 radical (unpaired) electrons. The molecule has 0 spiro atoms. The highest BCUT2D eigenvalue weighted by Crippen LogP contribution is 2.33. The zero-order chi connectivity index (χ0) is 12.3. The van der Waals surface area contributed by atoms with E-state index in [1.807, 2.05) is 18.2 Å². The summed E-state index contributed by atoms with van der Waals surface area (Å²) in [6.07, 6.45) is 4.66. The van der Waals surface area contributed by atoms with Crippen molar-refractivity contribution in [1.82, 2.24) is 0 Å². The van der Waals surface area contributed by atoms with Crippen LogP contribution < -0.4 is 9.47 Å². The average Bonchev–Trinajstić information content (AvgIpc) is 2.38. The molecule has 1 N–H and O–H groups in total. The molecule has 1 aromatic carbocycles. The van der Waals surface area contributed by atoms with Crippen LogP contribution in [-0.2, 0) is 0 Å². The van der Waals surface area contributed by atoms with E-state index < -0.39 is 0 Å². The fraction of sp³-hybridized carbons (Fsp3) is 0.429. The first kappa shape index (κ1) is 12.0. The molecule has 0 fully saturated rings. The smallest absolute Gasteiger partial charge is 0.161 e. The van der Waals surface area contributed by atoms with E-state index in [4.69, 9.17) is 9.47 Å². The van der Waals surface area contributed by atoms with Gasteiger partial charge in [-0.15, -0.1) is 0 Å². The summed E-state index contributed by atoms with van der Waals surface area (Å²) in [5, 5.41) is 9.97. The molecule has 0 aromatic heterocycles. The van der Waals surface area contributed by atoms with Gasteiger partial charge in [0.15, 0.2) is 11.5 Å². The fourth-order valence-corrected chi connectivity index (χ4v) is 2.19. The Morgan fingerprint density at radius 2 is 1.94 bits per heavy atom. The van der Waals surface area contributed by atoms with E-state index >= 15 is 0 Å². The molecule has 0 saturated heterocycles. The van der Waals surface area contributed by atoms with Crippen molar-refractivity contribution in [2.45, 2.75) is 25.4 Å². The van der Waals surface area contributed by atoms with Crippen LogP contribution in [0.1, 0.15) is 24.8 Å². The Kier molecular flexibility index (Phi) is 3.69. The van der Waals surface area contributed by atoms with E-state index in [9.17, 15) is 5.11 Å². The summed E-state index contributed by atoms with van der Waals surface area (Å²) in [6.45, 7) is 0. The Morgan fingerprint density at radius 3 is 2.59 bits per heavy atom. The third-order valence-corrected chi connectivity index (χ3v) is 3.12. The first-order chi connectivity index (χ1) is 8.26. The van der Waals surface area contributed by atoms with Gasteiger partial charge in [0.25, 0.3) is 0 Å². The van der Waals surface area contributed by atoms with Gasteiger partial charge in [-0.1, -0.05) is 12.1 Å². The van der Waals surface area contributed by atoms with Gasteiger partial charge in [0.1, 0.15) is 0 Å². The molecule has 17 heavy (non-hydrogen) atoms. The van der Waals surface area contributed by atoms with Crippen molar-refractivity contribution >= 4 is 5.57 Å². The van der Waals surface area contributed by atoms with Gasteiger partial charge in [-0.05, 0) is 42.5 Å². The predicted molar refractivity (Wildman–Crippen MR) is 67.4 cm³/mol. The SMILES string of the molecule is COc1ccc(C2=CCCCC2O)cc1OC. The fourth-order valence-electron chi connectivity index (χ4n) is 2.19. The van der Waals surface area contributed by atoms with Crippen LogP contribution in [0.4, 0.5) is 0 Å². The summed E-state index contributed by atoms with van der Waals surface area (Å²) < 4.78 is 10.5. The monoisotopic (exact) mass is 234 g/mol. The molecule has 0 bridgehead atoms. The molecule has 1 atom stereocenters. The summed E-state index contributed by atoms with van der Waals surface area (Å²) in [6, 6.07) is 5.75. The van der Waals surface area contributed by atoms with E-state index in [1.54, 1.807) is 14.2 Å². The van der Waals surface area contributed by atoms with Crippen molar-refractivity contribution in [3.63, 3.8) is 0 Å². The molecule has 1 aromatic rings. The Morgan fingerprint density at radius 1 is 1.18 bits per heavy atom. The average molecular weight is 234 g/mol. The number of methoxy groups -OCH3 is 2.